The number of nitrogens with zero attached hydrogens (tertiary/aromatic N) is 7. The molecule has 0 radical (unpaired) electrons. The number of benzene rings is 3. The van der Waals surface area contributed by atoms with Crippen molar-refractivity contribution in [3.05, 3.63) is 89.6 Å². The predicted octanol–water partition coefficient (Wildman–Crippen LogP) is 5.66. The van der Waals surface area contributed by atoms with E-state index in [-0.39, 0.29) is 73.2 Å². The molecule has 0 saturated carbocycles. The number of phenols is 1. The predicted molar refractivity (Wildman–Crippen MR) is 198 cm³/mol. The Labute approximate surface area is 311 Å². The Hall–Kier alpha value is -5.95. The molecule has 3 saturated heterocycles. The number of hydrogen-bond acceptors (Lipinski definition) is 9. The number of terminal acetylenes is 1. The van der Waals surface area contributed by atoms with Gasteiger partial charge in [0, 0.05) is 61.0 Å². The number of nitriles is 1. The van der Waals surface area contributed by atoms with Gasteiger partial charge in [-0.05, 0) is 67.6 Å². The molecule has 1 amide bonds. The van der Waals surface area contributed by atoms with Crippen molar-refractivity contribution in [2.24, 2.45) is 5.92 Å². The molecule has 276 valence electrons. The van der Waals surface area contributed by atoms with Crippen LogP contribution in [-0.2, 0) is 17.8 Å². The van der Waals surface area contributed by atoms with Crippen LogP contribution < -0.4 is 19.4 Å². The molecule has 4 aliphatic rings. The van der Waals surface area contributed by atoms with Crippen LogP contribution in [0.5, 0.6) is 11.8 Å². The summed E-state index contributed by atoms with van der Waals surface area (Å²) < 4.78 is 50.2. The van der Waals surface area contributed by atoms with E-state index in [4.69, 9.17) is 21.1 Å². The molecule has 13 heteroatoms. The smallest absolute Gasteiger partial charge is 0.318 e. The molecule has 5 atom stereocenters. The third-order valence-corrected chi connectivity index (χ3v) is 11.4. The van der Waals surface area contributed by atoms with Crippen molar-refractivity contribution in [1.82, 2.24) is 14.9 Å². The van der Waals surface area contributed by atoms with Crippen LogP contribution in [0.15, 0.2) is 61.2 Å². The van der Waals surface area contributed by atoms with E-state index < -0.39 is 17.5 Å². The summed E-state index contributed by atoms with van der Waals surface area (Å²) in [5, 5.41) is 21.8. The standard InChI is InChI=1S/C41H38F3N7O3/c1-4-31-33(44)11-6-24-15-30(52)16-35(38(24)31)48-13-12-32-34(21-48)46-40(54-23-41(3)17-27(43)19-50(41)28-9-7-26(42)8-10-28)47-39(32)49-20-29-14-25(18-45)36(22-49)51(29)37(53)5-2/h1,5-11,15-16,25,27,29,36,52H,2,12-14,17,19-23H2,3H3/t25?,27-,29-,36-,41+/m1/s1. The molecular formula is C41H38F3N7O3. The first-order chi connectivity index (χ1) is 26.0. The number of anilines is 3. The molecule has 10 nitrogen and oxygen atoms in total. The molecule has 2 bridgehead atoms. The lowest BCUT2D eigenvalue weighted by Gasteiger charge is -2.42. The molecule has 4 aliphatic heterocycles. The number of alkyl halides is 1. The maximum atomic E-state index is 15.0. The Morgan fingerprint density at radius 1 is 1.15 bits per heavy atom. The highest BCUT2D eigenvalue weighted by atomic mass is 19.1. The molecule has 4 aromatic rings. The van der Waals surface area contributed by atoms with Crippen molar-refractivity contribution >= 4 is 33.9 Å². The fraction of sp³-hybridized carbons (Fsp3) is 0.366. The number of aromatic nitrogens is 2. The Balaban J connectivity index is 1.17. The molecule has 3 fully saturated rings. The second-order valence-corrected chi connectivity index (χ2v) is 14.8. The average Bonchev–Trinajstić information content (AvgIpc) is 3.60. The number of carbonyl (C=O) groups excluding carboxylic acids is 1. The number of rotatable bonds is 7. The highest BCUT2D eigenvalue weighted by molar-refractivity contribution is 6.00. The van der Waals surface area contributed by atoms with Gasteiger partial charge in [0.05, 0.1) is 47.4 Å². The maximum Gasteiger partial charge on any atom is 0.318 e. The van der Waals surface area contributed by atoms with Crippen molar-refractivity contribution in [3.63, 3.8) is 0 Å². The van der Waals surface area contributed by atoms with Gasteiger partial charge < -0.3 is 29.4 Å². The zero-order chi connectivity index (χ0) is 37.9. The van der Waals surface area contributed by atoms with Gasteiger partial charge in [-0.15, -0.1) is 6.42 Å². The molecule has 5 heterocycles. The van der Waals surface area contributed by atoms with Gasteiger partial charge in [0.2, 0.25) is 5.91 Å². The summed E-state index contributed by atoms with van der Waals surface area (Å²) in [6, 6.07) is 13.8. The second-order valence-electron chi connectivity index (χ2n) is 14.8. The van der Waals surface area contributed by atoms with Crippen LogP contribution in [0.25, 0.3) is 10.8 Å². The lowest BCUT2D eigenvalue weighted by molar-refractivity contribution is -0.129. The Morgan fingerprint density at radius 3 is 2.69 bits per heavy atom. The lowest BCUT2D eigenvalue weighted by atomic mass is 9.98. The minimum atomic E-state index is -1.13. The number of halogens is 3. The molecule has 1 aromatic heterocycles. The number of aromatic hydroxyl groups is 1. The van der Waals surface area contributed by atoms with E-state index in [2.05, 4.69) is 23.5 Å². The number of amides is 1. The first-order valence-corrected chi connectivity index (χ1v) is 18.0. The minimum absolute atomic E-state index is 0.00132. The highest BCUT2D eigenvalue weighted by Crippen LogP contribution is 2.42. The zero-order valence-corrected chi connectivity index (χ0v) is 29.7. The van der Waals surface area contributed by atoms with E-state index in [1.54, 1.807) is 35.2 Å². The molecule has 1 N–H and O–H groups in total. The summed E-state index contributed by atoms with van der Waals surface area (Å²) in [4.78, 5) is 30.5. The average molecular weight is 734 g/mol. The third kappa shape index (κ3) is 5.98. The van der Waals surface area contributed by atoms with Gasteiger partial charge in [-0.1, -0.05) is 18.6 Å². The summed E-state index contributed by atoms with van der Waals surface area (Å²) in [5.41, 5.74) is 2.01. The molecule has 1 unspecified atom stereocenters. The number of carbonyl (C=O) groups is 1. The fourth-order valence-corrected chi connectivity index (χ4v) is 8.90. The van der Waals surface area contributed by atoms with Crippen LogP contribution in [0.3, 0.4) is 0 Å². The first-order valence-electron chi connectivity index (χ1n) is 18.0. The number of fused-ring (bicyclic) bond motifs is 4. The van der Waals surface area contributed by atoms with E-state index >= 15 is 8.78 Å². The van der Waals surface area contributed by atoms with Crippen LogP contribution in [-0.4, -0.2) is 82.5 Å². The summed E-state index contributed by atoms with van der Waals surface area (Å²) in [5.74, 6) is 1.61. The van der Waals surface area contributed by atoms with Crippen molar-refractivity contribution in [3.8, 4) is 30.2 Å². The van der Waals surface area contributed by atoms with Crippen LogP contribution in [0.2, 0.25) is 0 Å². The van der Waals surface area contributed by atoms with Crippen molar-refractivity contribution in [2.75, 3.05) is 47.5 Å². The SMILES string of the molecule is C#Cc1c(F)ccc2cc(O)cc(N3CCc4c(nc(OC[C@]5(C)C[C@@H](F)CN5c5ccc(F)cc5)nc4N4C[C@H]5CC(C#N)[C@@H](C4)N5C(=O)C=C)C3)c12. The maximum absolute atomic E-state index is 15.0. The number of ether oxygens (including phenoxy) is 1. The van der Waals surface area contributed by atoms with Crippen molar-refractivity contribution in [2.45, 2.75) is 56.5 Å². The van der Waals surface area contributed by atoms with Gasteiger partial charge in [-0.25, -0.2) is 13.2 Å². The highest BCUT2D eigenvalue weighted by Gasteiger charge is 2.49. The largest absolute Gasteiger partial charge is 0.508 e. The molecule has 3 aromatic carbocycles. The quantitative estimate of drug-likeness (QED) is 0.190. The summed E-state index contributed by atoms with van der Waals surface area (Å²) in [6.07, 6.45) is 7.12. The van der Waals surface area contributed by atoms with E-state index in [0.717, 1.165) is 5.56 Å². The summed E-state index contributed by atoms with van der Waals surface area (Å²) in [6.45, 7) is 7.21. The van der Waals surface area contributed by atoms with Gasteiger partial charge in [0.25, 0.3) is 0 Å². The van der Waals surface area contributed by atoms with Gasteiger partial charge >= 0.3 is 6.01 Å². The molecule has 8 rings (SSSR count). The Morgan fingerprint density at radius 2 is 1.94 bits per heavy atom. The summed E-state index contributed by atoms with van der Waals surface area (Å²) in [7, 11) is 0. The van der Waals surface area contributed by atoms with Crippen LogP contribution >= 0.6 is 0 Å². The van der Waals surface area contributed by atoms with E-state index in [0.29, 0.717) is 66.1 Å². The third-order valence-electron chi connectivity index (χ3n) is 11.4. The normalized spacial score (nSPS) is 24.6. The molecular weight excluding hydrogens is 695 g/mol. The first kappa shape index (κ1) is 35.1. The molecule has 0 aliphatic carbocycles. The van der Waals surface area contributed by atoms with E-state index in [9.17, 15) is 19.6 Å². The second kappa shape index (κ2) is 13.5. The topological polar surface area (TPSA) is 109 Å². The van der Waals surface area contributed by atoms with Gasteiger partial charge in [0.1, 0.15) is 36.0 Å². The van der Waals surface area contributed by atoms with Crippen molar-refractivity contribution in [1.29, 1.82) is 5.26 Å². The van der Waals surface area contributed by atoms with Gasteiger partial charge in [0.15, 0.2) is 0 Å². The van der Waals surface area contributed by atoms with Gasteiger partial charge in [-0.3, -0.25) is 4.79 Å². The fourth-order valence-electron chi connectivity index (χ4n) is 8.90. The van der Waals surface area contributed by atoms with Crippen molar-refractivity contribution < 1.29 is 27.8 Å². The Kier molecular flexibility index (Phi) is 8.76. The molecule has 54 heavy (non-hydrogen) atoms. The monoisotopic (exact) mass is 733 g/mol. The summed E-state index contributed by atoms with van der Waals surface area (Å²) >= 11 is 0. The van der Waals surface area contributed by atoms with Gasteiger partial charge in [-0.2, -0.15) is 15.2 Å². The number of phenolic OH excluding ortho intramolecular Hbond substituents is 1. The van der Waals surface area contributed by atoms with E-state index in [1.807, 2.05) is 16.7 Å². The van der Waals surface area contributed by atoms with Crippen LogP contribution in [0, 0.1) is 41.2 Å². The van der Waals surface area contributed by atoms with Crippen LogP contribution in [0.4, 0.5) is 30.4 Å². The Bertz CT molecular complexity index is 2260. The van der Waals surface area contributed by atoms with Crippen LogP contribution in [0.1, 0.15) is 36.6 Å². The van der Waals surface area contributed by atoms with E-state index in [1.165, 1.54) is 24.3 Å². The zero-order valence-electron chi connectivity index (χ0n) is 29.7. The lowest BCUT2D eigenvalue weighted by Crippen LogP contribution is -2.56. The number of hydrogen-bond donors (Lipinski definition) is 1. The number of piperazine rings is 1. The minimum Gasteiger partial charge on any atom is -0.508 e. The molecule has 0 spiro atoms.